The first kappa shape index (κ1) is 16.6. The highest BCUT2D eigenvalue weighted by Crippen LogP contribution is 2.15. The molecule has 1 heterocycles. The second-order valence-corrected chi connectivity index (χ2v) is 5.42. The van der Waals surface area contributed by atoms with Gasteiger partial charge in [-0.05, 0) is 36.5 Å². The normalized spacial score (nSPS) is 11.0. The molecule has 0 aliphatic carbocycles. The maximum atomic E-state index is 12.5. The molecule has 7 nitrogen and oxygen atoms in total. The Balaban J connectivity index is 2.01. The molecule has 25 heavy (non-hydrogen) atoms. The van der Waals surface area contributed by atoms with Gasteiger partial charge in [-0.2, -0.15) is 9.78 Å². The molecule has 0 atom stereocenters. The molecule has 0 fully saturated rings. The predicted octanol–water partition coefficient (Wildman–Crippen LogP) is 1.07. The van der Waals surface area contributed by atoms with Crippen LogP contribution in [0.15, 0.2) is 58.4 Å². The van der Waals surface area contributed by atoms with Crippen LogP contribution in [0, 0.1) is 4.77 Å². The van der Waals surface area contributed by atoms with Crippen molar-refractivity contribution in [2.75, 3.05) is 6.61 Å². The van der Waals surface area contributed by atoms with E-state index < -0.39 is 12.6 Å². The molecule has 1 aromatic heterocycles. The quantitative estimate of drug-likeness (QED) is 0.546. The number of nitrogens with zero attached hydrogens (tertiary/aromatic N) is 2. The number of aromatic nitrogens is 2. The number of aromatic amines is 1. The van der Waals surface area contributed by atoms with Gasteiger partial charge in [0.2, 0.25) is 4.77 Å². The number of carboxylic acids is 1. The van der Waals surface area contributed by atoms with Crippen LogP contribution >= 0.6 is 12.2 Å². The number of H-pyrrole nitrogens is 1. The third-order valence-corrected chi connectivity index (χ3v) is 3.64. The third kappa shape index (κ3) is 3.64. The molecule has 0 saturated heterocycles. The second-order valence-electron chi connectivity index (χ2n) is 5.04. The van der Waals surface area contributed by atoms with Gasteiger partial charge < -0.3 is 19.6 Å². The van der Waals surface area contributed by atoms with Crippen molar-refractivity contribution in [2.45, 2.75) is 0 Å². The number of carbonyl (C=O) groups excluding carboxylic acids is 1. The van der Waals surface area contributed by atoms with Crippen LogP contribution in [0.5, 0.6) is 5.75 Å². The summed E-state index contributed by atoms with van der Waals surface area (Å²) < 4.78 is 6.35. The summed E-state index contributed by atoms with van der Waals surface area (Å²) in [7, 11) is 0. The number of rotatable bonds is 5. The van der Waals surface area contributed by atoms with E-state index in [4.69, 9.17) is 17.0 Å². The highest BCUT2D eigenvalue weighted by Gasteiger charge is 2.05. The van der Waals surface area contributed by atoms with Gasteiger partial charge in [0.25, 0.3) is 5.56 Å². The molecule has 0 amide bonds. The molecular weight excluding hydrogens is 342 g/mol. The first-order valence-electron chi connectivity index (χ1n) is 7.26. The van der Waals surface area contributed by atoms with Gasteiger partial charge in [-0.1, -0.05) is 24.3 Å². The molecule has 1 N–H and O–H groups in total. The van der Waals surface area contributed by atoms with Gasteiger partial charge in [0.15, 0.2) is 0 Å². The number of fused-ring (bicyclic) bond motifs is 1. The molecule has 0 spiro atoms. The lowest BCUT2D eigenvalue weighted by Crippen LogP contribution is -2.29. The van der Waals surface area contributed by atoms with E-state index in [1.54, 1.807) is 48.5 Å². The molecule has 0 unspecified atom stereocenters. The Kier molecular flexibility index (Phi) is 4.71. The first-order valence-corrected chi connectivity index (χ1v) is 7.67. The Morgan fingerprint density at radius 2 is 1.96 bits per heavy atom. The molecule has 3 rings (SSSR count). The Morgan fingerprint density at radius 1 is 1.24 bits per heavy atom. The van der Waals surface area contributed by atoms with Crippen molar-refractivity contribution in [3.63, 3.8) is 0 Å². The van der Waals surface area contributed by atoms with E-state index in [2.05, 4.69) is 10.1 Å². The van der Waals surface area contributed by atoms with Crippen LogP contribution in [-0.2, 0) is 4.79 Å². The van der Waals surface area contributed by atoms with Crippen molar-refractivity contribution in [1.82, 2.24) is 9.66 Å². The molecule has 0 saturated carbocycles. The molecule has 0 aliphatic rings. The fourth-order valence-electron chi connectivity index (χ4n) is 2.23. The monoisotopic (exact) mass is 354 g/mol. The van der Waals surface area contributed by atoms with Crippen molar-refractivity contribution in [1.29, 1.82) is 0 Å². The Labute approximate surface area is 146 Å². The molecule has 0 aliphatic heterocycles. The van der Waals surface area contributed by atoms with Crippen LogP contribution in [0.2, 0.25) is 0 Å². The number of carboxylic acid groups (broad SMARTS) is 1. The topological polar surface area (TPSA) is 99.5 Å². The molecule has 126 valence electrons. The van der Waals surface area contributed by atoms with E-state index in [1.807, 2.05) is 0 Å². The summed E-state index contributed by atoms with van der Waals surface area (Å²) in [4.78, 5) is 26.0. The lowest BCUT2D eigenvalue weighted by molar-refractivity contribution is -0.307. The number of aliphatic carboxylic acids is 1. The first-order chi connectivity index (χ1) is 12.1. The van der Waals surface area contributed by atoms with Gasteiger partial charge >= 0.3 is 0 Å². The van der Waals surface area contributed by atoms with Crippen LogP contribution in [-0.4, -0.2) is 28.5 Å². The number of nitrogens with one attached hydrogen (secondary N) is 1. The van der Waals surface area contributed by atoms with Crippen molar-refractivity contribution < 1.29 is 14.6 Å². The van der Waals surface area contributed by atoms with Crippen molar-refractivity contribution in [3.8, 4) is 5.75 Å². The molecule has 0 radical (unpaired) electrons. The van der Waals surface area contributed by atoms with Gasteiger partial charge in [0.1, 0.15) is 12.4 Å². The zero-order valence-corrected chi connectivity index (χ0v) is 13.7. The smallest absolute Gasteiger partial charge is 0.282 e. The highest BCUT2D eigenvalue weighted by atomic mass is 32.1. The fraction of sp³-hybridized carbons (Fsp3) is 0.0588. The highest BCUT2D eigenvalue weighted by molar-refractivity contribution is 7.71. The summed E-state index contributed by atoms with van der Waals surface area (Å²) in [6, 6.07) is 13.7. The van der Waals surface area contributed by atoms with Crippen LogP contribution < -0.4 is 15.4 Å². The molecule has 2 aromatic carbocycles. The van der Waals surface area contributed by atoms with Crippen LogP contribution in [0.4, 0.5) is 0 Å². The Hall–Kier alpha value is -3.26. The summed E-state index contributed by atoms with van der Waals surface area (Å²) in [6.45, 7) is -0.582. The third-order valence-electron chi connectivity index (χ3n) is 3.36. The summed E-state index contributed by atoms with van der Waals surface area (Å²) in [6.07, 6.45) is 1.38. The number of benzene rings is 2. The molecule has 3 aromatic rings. The van der Waals surface area contributed by atoms with E-state index >= 15 is 0 Å². The maximum absolute atomic E-state index is 12.5. The minimum absolute atomic E-state index is 0.146. The maximum Gasteiger partial charge on any atom is 0.282 e. The van der Waals surface area contributed by atoms with Crippen LogP contribution in [0.25, 0.3) is 10.9 Å². The fourth-order valence-corrected chi connectivity index (χ4v) is 2.47. The lowest BCUT2D eigenvalue weighted by Gasteiger charge is -2.09. The Morgan fingerprint density at radius 3 is 2.76 bits per heavy atom. The van der Waals surface area contributed by atoms with E-state index in [0.717, 1.165) is 4.68 Å². The van der Waals surface area contributed by atoms with E-state index in [0.29, 0.717) is 22.2 Å². The van der Waals surface area contributed by atoms with Crippen molar-refractivity contribution in [2.24, 2.45) is 5.10 Å². The van der Waals surface area contributed by atoms with Gasteiger partial charge in [-0.15, -0.1) is 0 Å². The number of ether oxygens (including phenoxy) is 1. The second kappa shape index (κ2) is 7.10. The number of para-hydroxylation sites is 2. The number of hydrogen-bond donors (Lipinski definition) is 1. The van der Waals surface area contributed by atoms with Gasteiger partial charge in [0.05, 0.1) is 23.1 Å². The summed E-state index contributed by atoms with van der Waals surface area (Å²) in [5, 5.41) is 15.1. The van der Waals surface area contributed by atoms with Gasteiger partial charge in [-0.25, -0.2) is 0 Å². The van der Waals surface area contributed by atoms with Gasteiger partial charge in [-0.3, -0.25) is 4.79 Å². The van der Waals surface area contributed by atoms with Gasteiger partial charge in [0, 0.05) is 5.56 Å². The van der Waals surface area contributed by atoms with Crippen LogP contribution in [0.1, 0.15) is 5.56 Å². The largest absolute Gasteiger partial charge is 0.546 e. The molecular formula is C17H12N3O4S-. The lowest BCUT2D eigenvalue weighted by atomic mass is 10.2. The van der Waals surface area contributed by atoms with Crippen molar-refractivity contribution >= 4 is 35.3 Å². The van der Waals surface area contributed by atoms with E-state index in [-0.39, 0.29) is 10.3 Å². The SMILES string of the molecule is O=C([O-])COc1ccccc1/C=N\n1c(=S)[nH]c2ccccc2c1=O. The minimum atomic E-state index is -1.33. The molecule has 0 bridgehead atoms. The zero-order valence-electron chi connectivity index (χ0n) is 12.8. The standard InChI is InChI=1S/C17H13N3O4S/c21-15(22)10-24-14-8-4-1-5-11(14)9-18-20-16(23)12-6-2-3-7-13(12)19-17(20)25/h1-9H,10H2,(H,19,25)(H,21,22)/p-1/b18-9-. The van der Waals surface area contributed by atoms with Crippen LogP contribution in [0.3, 0.4) is 0 Å². The summed E-state index contributed by atoms with van der Waals surface area (Å²) in [5.41, 5.74) is 0.767. The van der Waals surface area contributed by atoms with Crippen molar-refractivity contribution in [3.05, 3.63) is 69.2 Å². The minimum Gasteiger partial charge on any atom is -0.546 e. The molecule has 8 heteroatoms. The average molecular weight is 354 g/mol. The summed E-state index contributed by atoms with van der Waals surface area (Å²) >= 11 is 5.18. The zero-order chi connectivity index (χ0) is 17.8. The summed E-state index contributed by atoms with van der Waals surface area (Å²) in [5.74, 6) is -1.03. The number of hydrogen-bond acceptors (Lipinski definition) is 6. The number of carbonyl (C=O) groups is 1. The average Bonchev–Trinajstić information content (AvgIpc) is 2.60. The van der Waals surface area contributed by atoms with E-state index in [9.17, 15) is 14.7 Å². The predicted molar refractivity (Wildman–Crippen MR) is 93.3 cm³/mol. The van der Waals surface area contributed by atoms with E-state index in [1.165, 1.54) is 6.21 Å². The Bertz CT molecular complexity index is 1080.